The number of aromatic nitrogens is 3. The number of hydrogen-bond acceptors (Lipinski definition) is 14. The zero-order valence-corrected chi connectivity index (χ0v) is 45.0. The zero-order chi connectivity index (χ0) is 57.1. The van der Waals surface area contributed by atoms with E-state index in [1.54, 1.807) is 49.5 Å². The van der Waals surface area contributed by atoms with Crippen molar-refractivity contribution in [3.8, 4) is 0 Å². The molecule has 0 spiro atoms. The maximum Gasteiger partial charge on any atom is 0.325 e. The first kappa shape index (κ1) is 60.7. The van der Waals surface area contributed by atoms with Crippen molar-refractivity contribution >= 4 is 101 Å². The number of nitrogens with zero attached hydrogens (tertiary/aromatic N) is 3. The third kappa shape index (κ3) is 17.4. The Balaban J connectivity index is 1.35. The van der Waals surface area contributed by atoms with Crippen LogP contribution in [0.2, 0.25) is 0 Å². The molecule has 2 aromatic carbocycles. The number of fused-ring (bicyclic) bond motifs is 1. The molecular formula is C50H68N16O10S2. The Morgan fingerprint density at radius 2 is 1.27 bits per heavy atom. The Labute approximate surface area is 460 Å². The van der Waals surface area contributed by atoms with E-state index >= 15 is 0 Å². The molecule has 78 heavy (non-hydrogen) atoms. The molecule has 11 amide bonds. The number of para-hydroxylation sites is 1. The number of thiol groups is 2. The number of aromatic amines is 2. The second-order valence-electron chi connectivity index (χ2n) is 18.6. The minimum atomic E-state index is -1.42. The van der Waals surface area contributed by atoms with Crippen LogP contribution < -0.4 is 59.7 Å². The van der Waals surface area contributed by atoms with E-state index in [-0.39, 0.29) is 62.0 Å². The molecule has 1 aliphatic rings. The second kappa shape index (κ2) is 29.4. The van der Waals surface area contributed by atoms with E-state index in [4.69, 9.17) is 17.2 Å². The summed E-state index contributed by atoms with van der Waals surface area (Å²) in [6.07, 6.45) is 4.75. The maximum atomic E-state index is 14.6. The number of guanidine groups is 1. The van der Waals surface area contributed by atoms with Crippen LogP contribution in [0.15, 0.2) is 78.3 Å². The van der Waals surface area contributed by atoms with E-state index < -0.39 is 114 Å². The molecule has 1 aliphatic heterocycles. The lowest BCUT2D eigenvalue weighted by molar-refractivity contribution is -0.135. The molecule has 1 saturated heterocycles. The normalized spacial score (nSPS) is 16.2. The predicted octanol–water partition coefficient (Wildman–Crippen LogP) is -2.30. The van der Waals surface area contributed by atoms with E-state index in [1.807, 2.05) is 25.1 Å². The van der Waals surface area contributed by atoms with Gasteiger partial charge in [0.1, 0.15) is 54.9 Å². The third-order valence-corrected chi connectivity index (χ3v) is 13.6. The van der Waals surface area contributed by atoms with Gasteiger partial charge in [-0.25, -0.2) is 9.78 Å². The number of H-pyrrole nitrogens is 2. The van der Waals surface area contributed by atoms with Crippen LogP contribution in [0.5, 0.6) is 0 Å². The van der Waals surface area contributed by atoms with E-state index in [0.29, 0.717) is 23.2 Å². The molecule has 0 saturated carbocycles. The van der Waals surface area contributed by atoms with Crippen LogP contribution in [-0.4, -0.2) is 158 Å². The summed E-state index contributed by atoms with van der Waals surface area (Å²) in [5.41, 5.74) is 19.0. The largest absolute Gasteiger partial charge is 0.370 e. The number of carbonyl (C=O) groups is 10. The molecule has 9 atom stereocenters. The van der Waals surface area contributed by atoms with E-state index in [2.05, 4.69) is 87.7 Å². The minimum absolute atomic E-state index is 0.0470. The summed E-state index contributed by atoms with van der Waals surface area (Å²) < 4.78 is 0. The van der Waals surface area contributed by atoms with E-state index in [9.17, 15) is 47.9 Å². The van der Waals surface area contributed by atoms with Gasteiger partial charge in [-0.1, -0.05) is 68.8 Å². The molecule has 16 N–H and O–H groups in total. The van der Waals surface area contributed by atoms with Crippen LogP contribution in [0, 0.1) is 5.92 Å². The van der Waals surface area contributed by atoms with Crippen LogP contribution in [0.4, 0.5) is 4.79 Å². The molecule has 0 aliphatic carbocycles. The molecule has 0 bridgehead atoms. The highest BCUT2D eigenvalue weighted by atomic mass is 32.1. The second-order valence-corrected chi connectivity index (χ2v) is 19.4. The highest BCUT2D eigenvalue weighted by Crippen LogP contribution is 2.20. The molecule has 28 heteroatoms. The average molecular weight is 1120 g/mol. The topological polar surface area (TPSA) is 405 Å². The van der Waals surface area contributed by atoms with Crippen molar-refractivity contribution in [1.82, 2.24) is 62.4 Å². The number of rotatable bonds is 30. The number of carbonyl (C=O) groups excluding carboxylic acids is 10. The third-order valence-electron chi connectivity index (χ3n) is 12.8. The van der Waals surface area contributed by atoms with Crippen molar-refractivity contribution < 1.29 is 47.9 Å². The monoisotopic (exact) mass is 1120 g/mol. The fraction of sp³-hybridized carbons (Fsp3) is 0.440. The Kier molecular flexibility index (Phi) is 22.9. The first-order valence-corrected chi connectivity index (χ1v) is 26.4. The molecule has 4 aromatic rings. The van der Waals surface area contributed by atoms with Gasteiger partial charge in [0.05, 0.1) is 6.33 Å². The predicted molar refractivity (Wildman–Crippen MR) is 294 cm³/mol. The fourth-order valence-corrected chi connectivity index (χ4v) is 8.78. The lowest BCUT2D eigenvalue weighted by Gasteiger charge is -2.27. The maximum absolute atomic E-state index is 14.6. The smallest absolute Gasteiger partial charge is 0.325 e. The standard InChI is InChI=1S/C50H68N16O10S2/c1-4-26(2)40-48(75)66(50(76)65-40)22-39(67)59-38(24-78)47(74)58-27(3)42(69)61-36(19-30-21-54-25-57-30)46(73)62-34(17-28-11-6-5-7-12-28)44(71)60-33(15-10-16-55-49(52)53)43(70)63-35(45(72)64-37(23-77)41(51)68)18-29-20-56-32-14-9-8-13-31(29)32/h5-9,11-14,20-21,25-27,33-38,40,56,77-78H,4,10,15-19,22-24H2,1-3H3,(H2,51,68)(H,54,57)(H,58,74)(H,59,67)(H,60,71)(H,61,69)(H,62,73)(H,63,70)(H,64,72)(H,65,76)(H4,52,53,55)/t26-,27-,33+,34-,35+,36+,37+,38+,40-/m0/s1. The summed E-state index contributed by atoms with van der Waals surface area (Å²) in [6.45, 7) is 4.34. The quantitative estimate of drug-likeness (QED) is 0.00860. The van der Waals surface area contributed by atoms with Gasteiger partial charge in [0.15, 0.2) is 5.96 Å². The molecule has 5 rings (SSSR count). The van der Waals surface area contributed by atoms with Gasteiger partial charge >= 0.3 is 6.03 Å². The Morgan fingerprint density at radius 3 is 1.88 bits per heavy atom. The highest BCUT2D eigenvalue weighted by molar-refractivity contribution is 7.80. The lowest BCUT2D eigenvalue weighted by Crippen LogP contribution is -2.60. The number of benzene rings is 2. The molecule has 3 heterocycles. The highest BCUT2D eigenvalue weighted by Gasteiger charge is 2.42. The molecule has 420 valence electrons. The van der Waals surface area contributed by atoms with Crippen molar-refractivity contribution in [2.24, 2.45) is 28.1 Å². The van der Waals surface area contributed by atoms with Crippen LogP contribution in [-0.2, 0) is 62.4 Å². The summed E-state index contributed by atoms with van der Waals surface area (Å²) in [5.74, 6) is -8.05. The summed E-state index contributed by atoms with van der Waals surface area (Å²) in [5, 5.41) is 21.6. The minimum Gasteiger partial charge on any atom is -0.370 e. The summed E-state index contributed by atoms with van der Waals surface area (Å²) in [4.78, 5) is 150. The summed E-state index contributed by atoms with van der Waals surface area (Å²) in [6, 6.07) is 4.97. The molecule has 0 unspecified atom stereocenters. The summed E-state index contributed by atoms with van der Waals surface area (Å²) >= 11 is 8.33. The molecule has 26 nitrogen and oxygen atoms in total. The zero-order valence-electron chi connectivity index (χ0n) is 43.2. The van der Waals surface area contributed by atoms with Crippen LogP contribution in [0.3, 0.4) is 0 Å². The van der Waals surface area contributed by atoms with Crippen molar-refractivity contribution in [1.29, 1.82) is 0 Å². The fourth-order valence-electron chi connectivity index (χ4n) is 8.25. The number of urea groups is 1. The number of hydrogen-bond donors (Lipinski definition) is 15. The first-order valence-electron chi connectivity index (χ1n) is 25.1. The van der Waals surface area contributed by atoms with Gasteiger partial charge in [-0.3, -0.25) is 53.0 Å². The van der Waals surface area contributed by atoms with Crippen molar-refractivity contribution in [3.05, 3.63) is 90.1 Å². The van der Waals surface area contributed by atoms with E-state index in [1.165, 1.54) is 19.4 Å². The number of amides is 11. The number of nitrogens with two attached hydrogens (primary N) is 3. The van der Waals surface area contributed by atoms with Crippen LogP contribution in [0.25, 0.3) is 10.9 Å². The van der Waals surface area contributed by atoms with Crippen molar-refractivity contribution in [3.63, 3.8) is 0 Å². The number of aliphatic imine (C=N–C) groups is 1. The Bertz CT molecular complexity index is 2790. The Hall–Kier alpha value is -8.14. The SMILES string of the molecule is CC[C@H](C)[C@@H]1NC(=O)N(CC(=O)N[C@H](CS)C(=O)N[C@@H](C)C(=O)N[C@H](Cc2cnc[nH]2)C(=O)N[C@@H](Cc2ccccc2)C(=O)N[C@H](CCCN=C(N)N)C(=O)N[C@H](Cc2c[nH]c3ccccc23)C(=O)N[C@H](CS)C(N)=O)C1=O. The molecule has 2 aromatic heterocycles. The Morgan fingerprint density at radius 1 is 0.692 bits per heavy atom. The van der Waals surface area contributed by atoms with Gasteiger partial charge in [-0.15, -0.1) is 0 Å². The number of primary amides is 1. The molecule has 1 fully saturated rings. The van der Waals surface area contributed by atoms with E-state index in [0.717, 1.165) is 15.8 Å². The summed E-state index contributed by atoms with van der Waals surface area (Å²) in [7, 11) is 0. The van der Waals surface area contributed by atoms with Gasteiger partial charge in [0.2, 0.25) is 47.3 Å². The van der Waals surface area contributed by atoms with Gasteiger partial charge in [-0.05, 0) is 42.9 Å². The van der Waals surface area contributed by atoms with Gasteiger partial charge in [0, 0.05) is 66.3 Å². The average Bonchev–Trinajstić information content (AvgIpc) is 4.17. The van der Waals surface area contributed by atoms with Crippen molar-refractivity contribution in [2.75, 3.05) is 24.6 Å². The lowest BCUT2D eigenvalue weighted by atomic mass is 9.99. The van der Waals surface area contributed by atoms with Gasteiger partial charge in [0.25, 0.3) is 5.91 Å². The number of imidazole rings is 1. The van der Waals surface area contributed by atoms with Gasteiger partial charge in [-0.2, -0.15) is 25.3 Å². The van der Waals surface area contributed by atoms with Crippen LogP contribution in [0.1, 0.15) is 56.9 Å². The van der Waals surface area contributed by atoms with Gasteiger partial charge < -0.3 is 69.7 Å². The van der Waals surface area contributed by atoms with Crippen molar-refractivity contribution in [2.45, 2.75) is 108 Å². The van der Waals surface area contributed by atoms with Crippen LogP contribution >= 0.6 is 25.3 Å². The number of imide groups is 1. The first-order chi connectivity index (χ1) is 37.2. The number of nitrogens with one attached hydrogen (secondary N) is 10. The molecular weight excluding hydrogens is 1050 g/mol. The molecule has 0 radical (unpaired) electrons.